The first-order chi connectivity index (χ1) is 12.9. The van der Waals surface area contributed by atoms with Crippen molar-refractivity contribution < 1.29 is 8.42 Å². The molecule has 1 fully saturated rings. The number of aryl methyl sites for hydroxylation is 1. The Kier molecular flexibility index (Phi) is 4.97. The third kappa shape index (κ3) is 3.62. The summed E-state index contributed by atoms with van der Waals surface area (Å²) in [6.07, 6.45) is 1.28. The lowest BCUT2D eigenvalue weighted by atomic mass is 9.95. The molecule has 0 aromatic heterocycles. The molecule has 0 saturated carbocycles. The molecule has 0 spiro atoms. The van der Waals surface area contributed by atoms with Gasteiger partial charge in [-0.1, -0.05) is 54.1 Å². The van der Waals surface area contributed by atoms with Crippen LogP contribution in [0.3, 0.4) is 0 Å². The fraction of sp³-hybridized carbons (Fsp3) is 0.273. The van der Waals surface area contributed by atoms with Gasteiger partial charge in [0.15, 0.2) is 0 Å². The van der Waals surface area contributed by atoms with Crippen molar-refractivity contribution in [2.45, 2.75) is 36.1 Å². The molecule has 0 bridgehead atoms. The van der Waals surface area contributed by atoms with E-state index in [1.54, 1.807) is 16.4 Å². The molecule has 0 amide bonds. The van der Waals surface area contributed by atoms with E-state index in [4.69, 9.17) is 11.6 Å². The smallest absolute Gasteiger partial charge is 0.207 e. The maximum Gasteiger partial charge on any atom is 0.243 e. The summed E-state index contributed by atoms with van der Waals surface area (Å²) in [5.74, 6) is 0. The summed E-state index contributed by atoms with van der Waals surface area (Å²) in [6, 6.07) is 21.1. The van der Waals surface area contributed by atoms with Crippen molar-refractivity contribution in [3.05, 3.63) is 77.9 Å². The summed E-state index contributed by atoms with van der Waals surface area (Å²) < 4.78 is 28.3. The summed E-state index contributed by atoms with van der Waals surface area (Å²) in [5.41, 5.74) is 2.04. The monoisotopic (exact) mass is 399 g/mol. The van der Waals surface area contributed by atoms with E-state index in [0.717, 1.165) is 21.9 Å². The van der Waals surface area contributed by atoms with E-state index in [9.17, 15) is 8.42 Å². The van der Waals surface area contributed by atoms with Gasteiger partial charge in [0.2, 0.25) is 10.0 Å². The Morgan fingerprint density at radius 1 is 0.963 bits per heavy atom. The van der Waals surface area contributed by atoms with Crippen LogP contribution in [0.25, 0.3) is 10.8 Å². The van der Waals surface area contributed by atoms with Gasteiger partial charge >= 0.3 is 0 Å². The van der Waals surface area contributed by atoms with E-state index in [1.165, 1.54) is 0 Å². The quantitative estimate of drug-likeness (QED) is 0.562. The fourth-order valence-corrected chi connectivity index (χ4v) is 5.66. The van der Waals surface area contributed by atoms with Crippen LogP contribution in [0.15, 0.2) is 71.6 Å². The van der Waals surface area contributed by atoms with E-state index < -0.39 is 10.0 Å². The minimum Gasteiger partial charge on any atom is -0.207 e. The molecule has 0 unspecified atom stereocenters. The van der Waals surface area contributed by atoms with Crippen LogP contribution in [0.1, 0.15) is 30.0 Å². The van der Waals surface area contributed by atoms with Crippen LogP contribution in [0.5, 0.6) is 0 Å². The highest BCUT2D eigenvalue weighted by Gasteiger charge is 2.37. The number of hydrogen-bond donors (Lipinski definition) is 0. The molecule has 0 aliphatic carbocycles. The van der Waals surface area contributed by atoms with Crippen LogP contribution in [-0.2, 0) is 10.0 Å². The second kappa shape index (κ2) is 7.27. The summed E-state index contributed by atoms with van der Waals surface area (Å²) in [5, 5.41) is 2.23. The summed E-state index contributed by atoms with van der Waals surface area (Å²) in [4.78, 5) is 0.340. The third-order valence-electron chi connectivity index (χ3n) is 5.28. The summed E-state index contributed by atoms with van der Waals surface area (Å²) in [6.45, 7) is 2.38. The minimum absolute atomic E-state index is 0.0223. The fourth-order valence-electron chi connectivity index (χ4n) is 3.75. The first-order valence-electron chi connectivity index (χ1n) is 9.16. The maximum absolute atomic E-state index is 13.3. The third-order valence-corrected chi connectivity index (χ3v) is 7.59. The number of halogens is 1. The Morgan fingerprint density at radius 2 is 1.67 bits per heavy atom. The van der Waals surface area contributed by atoms with Crippen LogP contribution in [0, 0.1) is 6.92 Å². The molecule has 5 heteroatoms. The van der Waals surface area contributed by atoms with Gasteiger partial charge in [0.1, 0.15) is 0 Å². The molecule has 1 aliphatic rings. The van der Waals surface area contributed by atoms with Gasteiger partial charge in [-0.15, -0.1) is 11.6 Å². The first-order valence-corrected chi connectivity index (χ1v) is 11.0. The highest BCUT2D eigenvalue weighted by Crippen LogP contribution is 2.38. The second-order valence-electron chi connectivity index (χ2n) is 7.17. The Balaban J connectivity index is 1.76. The highest BCUT2D eigenvalue weighted by atomic mass is 35.5. The number of nitrogens with zero attached hydrogens (tertiary/aromatic N) is 1. The molecule has 4 rings (SSSR count). The lowest BCUT2D eigenvalue weighted by molar-refractivity contribution is 0.259. The van der Waals surface area contributed by atoms with Crippen LogP contribution < -0.4 is 0 Å². The van der Waals surface area contributed by atoms with Crippen molar-refractivity contribution in [3.8, 4) is 0 Å². The van der Waals surface area contributed by atoms with Crippen molar-refractivity contribution in [1.29, 1.82) is 0 Å². The molecular formula is C22H22ClNO2S. The van der Waals surface area contributed by atoms with Gasteiger partial charge in [0, 0.05) is 11.9 Å². The molecule has 1 heterocycles. The van der Waals surface area contributed by atoms with Gasteiger partial charge in [-0.2, -0.15) is 4.31 Å². The summed E-state index contributed by atoms with van der Waals surface area (Å²) >= 11 is 6.44. The maximum atomic E-state index is 13.3. The zero-order valence-corrected chi connectivity index (χ0v) is 16.7. The largest absolute Gasteiger partial charge is 0.243 e. The van der Waals surface area contributed by atoms with Crippen LogP contribution >= 0.6 is 11.6 Å². The van der Waals surface area contributed by atoms with Crippen molar-refractivity contribution >= 4 is 32.4 Å². The van der Waals surface area contributed by atoms with Crippen molar-refractivity contribution in [1.82, 2.24) is 4.31 Å². The van der Waals surface area contributed by atoms with E-state index >= 15 is 0 Å². The molecule has 2 atom stereocenters. The van der Waals surface area contributed by atoms with Crippen LogP contribution in [0.4, 0.5) is 0 Å². The topological polar surface area (TPSA) is 37.4 Å². The SMILES string of the molecule is Cc1ccc(S(=O)(=O)N2CC[C@@H](Cl)C[C@@H]2c2ccc3ccccc3c2)cc1. The first kappa shape index (κ1) is 18.5. The summed E-state index contributed by atoms with van der Waals surface area (Å²) in [7, 11) is -3.58. The zero-order valence-electron chi connectivity index (χ0n) is 15.2. The predicted octanol–water partition coefficient (Wildman–Crippen LogP) is 5.28. The molecular weight excluding hydrogens is 378 g/mol. The van der Waals surface area contributed by atoms with Crippen molar-refractivity contribution in [2.75, 3.05) is 6.54 Å². The second-order valence-corrected chi connectivity index (χ2v) is 9.68. The number of piperidine rings is 1. The standard InChI is InChI=1S/C22H22ClNO2S/c1-16-6-10-21(11-7-16)27(25,26)24-13-12-20(23)15-22(24)19-9-8-17-4-2-3-5-18(17)14-19/h2-11,14,20,22H,12-13,15H2,1H3/t20-,22-/m1/s1. The van der Waals surface area contributed by atoms with Crippen LogP contribution in [0.2, 0.25) is 0 Å². The van der Waals surface area contributed by atoms with Gasteiger partial charge in [-0.3, -0.25) is 0 Å². The van der Waals surface area contributed by atoms with E-state index in [0.29, 0.717) is 24.3 Å². The van der Waals surface area contributed by atoms with Gasteiger partial charge in [-0.25, -0.2) is 8.42 Å². The molecule has 140 valence electrons. The van der Waals surface area contributed by atoms with E-state index in [2.05, 4.69) is 24.3 Å². The number of benzene rings is 3. The van der Waals surface area contributed by atoms with Gasteiger partial charge < -0.3 is 0 Å². The zero-order chi connectivity index (χ0) is 19.0. The van der Waals surface area contributed by atoms with Crippen molar-refractivity contribution in [2.24, 2.45) is 0 Å². The predicted molar refractivity (Wildman–Crippen MR) is 111 cm³/mol. The van der Waals surface area contributed by atoms with Gasteiger partial charge in [-0.05, 0) is 54.3 Å². The normalized spacial score (nSPS) is 21.4. The molecule has 1 saturated heterocycles. The Hall–Kier alpha value is -1.88. The molecule has 1 aliphatic heterocycles. The molecule has 3 aromatic carbocycles. The average molecular weight is 400 g/mol. The molecule has 3 nitrogen and oxygen atoms in total. The lowest BCUT2D eigenvalue weighted by Gasteiger charge is -2.37. The van der Waals surface area contributed by atoms with Crippen LogP contribution in [-0.4, -0.2) is 24.6 Å². The molecule has 0 N–H and O–H groups in total. The number of alkyl halides is 1. The van der Waals surface area contributed by atoms with Crippen molar-refractivity contribution in [3.63, 3.8) is 0 Å². The van der Waals surface area contributed by atoms with Gasteiger partial charge in [0.25, 0.3) is 0 Å². The minimum atomic E-state index is -3.58. The molecule has 3 aromatic rings. The molecule has 0 radical (unpaired) electrons. The number of hydrogen-bond acceptors (Lipinski definition) is 2. The Bertz CT molecular complexity index is 1060. The molecule has 27 heavy (non-hydrogen) atoms. The number of fused-ring (bicyclic) bond motifs is 1. The Morgan fingerprint density at radius 3 is 2.41 bits per heavy atom. The average Bonchev–Trinajstić information content (AvgIpc) is 2.67. The van der Waals surface area contributed by atoms with E-state index in [1.807, 2.05) is 37.3 Å². The lowest BCUT2D eigenvalue weighted by Crippen LogP contribution is -2.41. The number of rotatable bonds is 3. The van der Waals surface area contributed by atoms with Gasteiger partial charge in [0.05, 0.1) is 10.9 Å². The van der Waals surface area contributed by atoms with E-state index in [-0.39, 0.29) is 11.4 Å². The number of sulfonamides is 1. The highest BCUT2D eigenvalue weighted by molar-refractivity contribution is 7.89. The Labute approximate surface area is 165 Å².